The Labute approximate surface area is 109 Å². The van der Waals surface area contributed by atoms with Crippen molar-refractivity contribution in [3.63, 3.8) is 0 Å². The third-order valence-corrected chi connectivity index (χ3v) is 3.27. The van der Waals surface area contributed by atoms with E-state index in [0.29, 0.717) is 30.0 Å². The van der Waals surface area contributed by atoms with Gasteiger partial charge in [-0.3, -0.25) is 9.48 Å². The molecular weight excluding hydrogens is 250 g/mol. The fourth-order valence-corrected chi connectivity index (χ4v) is 2.29. The number of nitrogen functional groups attached to an aromatic ring is 1. The average Bonchev–Trinajstić information content (AvgIpc) is 2.89. The molecule has 0 unspecified atom stereocenters. The maximum absolute atomic E-state index is 12.0. The first-order chi connectivity index (χ1) is 8.59. The van der Waals surface area contributed by atoms with Crippen molar-refractivity contribution in [3.05, 3.63) is 28.0 Å². The lowest BCUT2D eigenvalue weighted by atomic mass is 10.3. The molecule has 2 aromatic heterocycles. The lowest BCUT2D eigenvalue weighted by molar-refractivity contribution is 0.0945. The van der Waals surface area contributed by atoms with Crippen LogP contribution in [-0.2, 0) is 13.5 Å². The third-order valence-electron chi connectivity index (χ3n) is 2.63. The molecule has 6 nitrogen and oxygen atoms in total. The average molecular weight is 265 g/mol. The normalized spacial score (nSPS) is 10.6. The predicted octanol–water partition coefficient (Wildman–Crippen LogP) is 0.740. The maximum atomic E-state index is 12.0. The topological polar surface area (TPSA) is 85.8 Å². The molecule has 0 aliphatic carbocycles. The largest absolute Gasteiger partial charge is 0.395 e. The highest BCUT2D eigenvalue weighted by Crippen LogP contribution is 2.14. The molecule has 0 spiro atoms. The first-order valence-electron chi connectivity index (χ1n) is 5.54. The number of amides is 1. The second-order valence-corrected chi connectivity index (χ2v) is 4.68. The van der Waals surface area contributed by atoms with Gasteiger partial charge < -0.3 is 11.1 Å². The van der Waals surface area contributed by atoms with E-state index in [1.165, 1.54) is 4.68 Å². The van der Waals surface area contributed by atoms with Crippen molar-refractivity contribution in [2.75, 3.05) is 12.3 Å². The summed E-state index contributed by atoms with van der Waals surface area (Å²) in [5.74, 6) is -0.203. The van der Waals surface area contributed by atoms with E-state index >= 15 is 0 Å². The molecule has 18 heavy (non-hydrogen) atoms. The summed E-state index contributed by atoms with van der Waals surface area (Å²) in [5, 5.41) is 8.89. The molecule has 2 aromatic rings. The number of nitrogens with one attached hydrogen (secondary N) is 1. The molecule has 0 aliphatic rings. The summed E-state index contributed by atoms with van der Waals surface area (Å²) in [7, 11) is 1.71. The Bertz CT molecular complexity index is 546. The van der Waals surface area contributed by atoms with Gasteiger partial charge in [0.2, 0.25) is 0 Å². The highest BCUT2D eigenvalue weighted by atomic mass is 32.1. The number of hydrogen-bond acceptors (Lipinski definition) is 5. The van der Waals surface area contributed by atoms with Gasteiger partial charge in [-0.1, -0.05) is 0 Å². The van der Waals surface area contributed by atoms with Crippen LogP contribution in [0.3, 0.4) is 0 Å². The van der Waals surface area contributed by atoms with Gasteiger partial charge in [0.15, 0.2) is 0 Å². The van der Waals surface area contributed by atoms with Gasteiger partial charge in [-0.2, -0.15) is 5.10 Å². The number of hydrogen-bond donors (Lipinski definition) is 2. The summed E-state index contributed by atoms with van der Waals surface area (Å²) in [4.78, 5) is 16.1. The number of nitrogens with zero attached hydrogens (tertiary/aromatic N) is 3. The minimum Gasteiger partial charge on any atom is -0.395 e. The van der Waals surface area contributed by atoms with E-state index in [9.17, 15) is 4.79 Å². The van der Waals surface area contributed by atoms with Gasteiger partial charge >= 0.3 is 0 Å². The molecule has 2 heterocycles. The zero-order valence-corrected chi connectivity index (χ0v) is 11.1. The smallest absolute Gasteiger partial charge is 0.271 e. The van der Waals surface area contributed by atoms with Crippen LogP contribution < -0.4 is 11.1 Å². The van der Waals surface area contributed by atoms with Crippen molar-refractivity contribution in [2.24, 2.45) is 7.05 Å². The first-order valence-corrected chi connectivity index (χ1v) is 6.48. The van der Waals surface area contributed by atoms with Crippen LogP contribution >= 0.6 is 11.3 Å². The Kier molecular flexibility index (Phi) is 3.61. The Hall–Kier alpha value is -1.89. The van der Waals surface area contributed by atoms with Gasteiger partial charge in [-0.25, -0.2) is 4.98 Å². The van der Waals surface area contributed by atoms with Crippen LogP contribution in [0.2, 0.25) is 0 Å². The second kappa shape index (κ2) is 5.18. The molecule has 1 amide bonds. The molecule has 7 heteroatoms. The zero-order valence-electron chi connectivity index (χ0n) is 10.3. The van der Waals surface area contributed by atoms with Crippen molar-refractivity contribution in [2.45, 2.75) is 13.3 Å². The van der Waals surface area contributed by atoms with Gasteiger partial charge in [0.1, 0.15) is 5.69 Å². The molecule has 0 fully saturated rings. The molecule has 0 saturated carbocycles. The van der Waals surface area contributed by atoms with E-state index in [4.69, 9.17) is 5.73 Å². The van der Waals surface area contributed by atoms with E-state index in [2.05, 4.69) is 15.4 Å². The molecule has 3 N–H and O–H groups in total. The lowest BCUT2D eigenvalue weighted by Crippen LogP contribution is -2.28. The van der Waals surface area contributed by atoms with Crippen LogP contribution in [0.1, 0.15) is 21.9 Å². The minimum absolute atomic E-state index is 0.203. The molecule has 96 valence electrons. The quantitative estimate of drug-likeness (QED) is 0.853. The van der Waals surface area contributed by atoms with Crippen LogP contribution in [0.15, 0.2) is 10.9 Å². The monoisotopic (exact) mass is 265 g/mol. The van der Waals surface area contributed by atoms with Gasteiger partial charge in [0.05, 0.1) is 22.6 Å². The third kappa shape index (κ3) is 2.51. The molecule has 0 radical (unpaired) electrons. The Morgan fingerprint density at radius 2 is 2.39 bits per heavy atom. The molecule has 0 aliphatic heterocycles. The van der Waals surface area contributed by atoms with Crippen molar-refractivity contribution >= 4 is 22.9 Å². The van der Waals surface area contributed by atoms with Crippen LogP contribution in [0.4, 0.5) is 5.69 Å². The van der Waals surface area contributed by atoms with E-state index in [-0.39, 0.29) is 5.91 Å². The number of rotatable bonds is 4. The maximum Gasteiger partial charge on any atom is 0.271 e. The summed E-state index contributed by atoms with van der Waals surface area (Å²) in [6, 6.07) is 0. The molecule has 0 bridgehead atoms. The van der Waals surface area contributed by atoms with Crippen molar-refractivity contribution in [1.82, 2.24) is 20.1 Å². The summed E-state index contributed by atoms with van der Waals surface area (Å²) in [5.41, 5.74) is 10.1. The van der Waals surface area contributed by atoms with Gasteiger partial charge in [0.25, 0.3) is 5.91 Å². The second-order valence-electron chi connectivity index (χ2n) is 3.96. The highest BCUT2D eigenvalue weighted by Gasteiger charge is 2.17. The molecular formula is C11H15N5OS. The van der Waals surface area contributed by atoms with Crippen molar-refractivity contribution in [1.29, 1.82) is 0 Å². The Morgan fingerprint density at radius 3 is 2.94 bits per heavy atom. The van der Waals surface area contributed by atoms with Crippen LogP contribution in [-0.4, -0.2) is 27.2 Å². The first kappa shape index (κ1) is 12.6. The minimum atomic E-state index is -0.203. The number of carbonyl (C=O) groups excluding carboxylic acids is 1. The summed E-state index contributed by atoms with van der Waals surface area (Å²) in [6.45, 7) is 2.31. The Morgan fingerprint density at radius 1 is 1.61 bits per heavy atom. The number of aryl methyl sites for hydroxylation is 2. The standard InChI is InChI=1S/C11H15N5OS/c1-7-9(12)10(16(2)15-7)11(17)13-4-3-8-5-18-6-14-8/h5-6H,3-4,12H2,1-2H3,(H,13,17). The fraction of sp³-hybridized carbons (Fsp3) is 0.364. The number of aromatic nitrogens is 3. The van der Waals surface area contributed by atoms with Crippen LogP contribution in [0, 0.1) is 6.92 Å². The number of carbonyl (C=O) groups is 1. The van der Waals surface area contributed by atoms with Gasteiger partial charge in [-0.15, -0.1) is 11.3 Å². The van der Waals surface area contributed by atoms with Crippen molar-refractivity contribution in [3.8, 4) is 0 Å². The SMILES string of the molecule is Cc1nn(C)c(C(=O)NCCc2cscn2)c1N. The predicted molar refractivity (Wildman–Crippen MR) is 70.5 cm³/mol. The van der Waals surface area contributed by atoms with E-state index in [1.807, 2.05) is 5.38 Å². The fourth-order valence-electron chi connectivity index (χ4n) is 1.69. The van der Waals surface area contributed by atoms with Gasteiger partial charge in [0, 0.05) is 25.4 Å². The molecule has 2 rings (SSSR count). The van der Waals surface area contributed by atoms with Crippen molar-refractivity contribution < 1.29 is 4.79 Å². The Balaban J connectivity index is 1.95. The summed E-state index contributed by atoms with van der Waals surface area (Å²) in [6.07, 6.45) is 0.714. The number of anilines is 1. The zero-order chi connectivity index (χ0) is 13.1. The van der Waals surface area contributed by atoms with E-state index < -0.39 is 0 Å². The summed E-state index contributed by atoms with van der Waals surface area (Å²) < 4.78 is 1.50. The number of nitrogens with two attached hydrogens (primary N) is 1. The molecule has 0 aromatic carbocycles. The lowest BCUT2D eigenvalue weighted by Gasteiger charge is -2.05. The van der Waals surface area contributed by atoms with E-state index in [0.717, 1.165) is 5.69 Å². The van der Waals surface area contributed by atoms with Gasteiger partial charge in [-0.05, 0) is 6.92 Å². The molecule has 0 atom stereocenters. The highest BCUT2D eigenvalue weighted by molar-refractivity contribution is 7.07. The number of thiazole rings is 1. The van der Waals surface area contributed by atoms with Crippen LogP contribution in [0.25, 0.3) is 0 Å². The van der Waals surface area contributed by atoms with E-state index in [1.54, 1.807) is 30.8 Å². The molecule has 0 saturated heterocycles. The van der Waals surface area contributed by atoms with Crippen LogP contribution in [0.5, 0.6) is 0 Å². The summed E-state index contributed by atoms with van der Waals surface area (Å²) >= 11 is 1.55.